The van der Waals surface area contributed by atoms with Crippen LogP contribution in [0.3, 0.4) is 0 Å². The Kier molecular flexibility index (Phi) is 10.6. The number of unbranched alkanes of at least 4 members (excludes halogenated alkanes) is 2. The maximum atomic E-state index is 13.0. The van der Waals surface area contributed by atoms with E-state index >= 15 is 0 Å². The van der Waals surface area contributed by atoms with Crippen molar-refractivity contribution in [1.82, 2.24) is 15.3 Å². The Labute approximate surface area is 259 Å². The number of aromatic nitrogens is 2. The summed E-state index contributed by atoms with van der Waals surface area (Å²) in [5, 5.41) is 11.8. The molecule has 2 aromatic heterocycles. The average Bonchev–Trinajstić information content (AvgIpc) is 3.40. The van der Waals surface area contributed by atoms with Gasteiger partial charge >= 0.3 is 0 Å². The number of anilines is 2. The quantitative estimate of drug-likeness (QED) is 0.112. The number of para-hydroxylation sites is 1. The van der Waals surface area contributed by atoms with Gasteiger partial charge in [0.15, 0.2) is 5.13 Å². The highest BCUT2D eigenvalue weighted by Gasteiger charge is 2.22. The number of carbonyl (C=O) groups is 2. The van der Waals surface area contributed by atoms with Gasteiger partial charge in [-0.15, -0.1) is 18.2 Å². The average molecular weight is 620 g/mol. The Morgan fingerprint density at radius 3 is 2.79 bits per heavy atom. The van der Waals surface area contributed by atoms with Gasteiger partial charge in [0.25, 0.3) is 0 Å². The molecule has 0 spiro atoms. The van der Waals surface area contributed by atoms with E-state index < -0.39 is 6.04 Å². The molecule has 1 aliphatic carbocycles. The van der Waals surface area contributed by atoms with E-state index in [9.17, 15) is 9.59 Å². The summed E-state index contributed by atoms with van der Waals surface area (Å²) in [6, 6.07) is 12.9. The number of terminal acetylenes is 1. The number of fused-ring (bicyclic) bond motifs is 3. The number of thiazole rings is 1. The van der Waals surface area contributed by atoms with Crippen molar-refractivity contribution in [2.45, 2.75) is 57.4 Å². The molecule has 0 bridgehead atoms. The Bertz CT molecular complexity index is 1580. The number of carbonyl (C=O) groups excluding carboxylic acids is 2. The number of nitrogens with zero attached hydrogens (tertiary/aromatic N) is 2. The second-order valence-electron chi connectivity index (χ2n) is 10.3. The molecule has 0 saturated carbocycles. The summed E-state index contributed by atoms with van der Waals surface area (Å²) in [7, 11) is 0. The molecule has 0 fully saturated rings. The molecular formula is C32H34ClN5O2S2. The summed E-state index contributed by atoms with van der Waals surface area (Å²) >= 11 is 9.10. The van der Waals surface area contributed by atoms with E-state index in [1.165, 1.54) is 52.9 Å². The molecule has 5 rings (SSSR count). The predicted octanol–water partition coefficient (Wildman–Crippen LogP) is 6.84. The third-order valence-corrected chi connectivity index (χ3v) is 9.38. The van der Waals surface area contributed by atoms with E-state index in [1.54, 1.807) is 0 Å². The van der Waals surface area contributed by atoms with Gasteiger partial charge in [-0.05, 0) is 74.4 Å². The lowest BCUT2D eigenvalue weighted by Gasteiger charge is -2.22. The van der Waals surface area contributed by atoms with E-state index in [1.807, 2.05) is 36.4 Å². The molecule has 0 aliphatic heterocycles. The van der Waals surface area contributed by atoms with E-state index in [-0.39, 0.29) is 11.8 Å². The number of benzene rings is 2. The molecule has 0 radical (unpaired) electrons. The number of halogens is 1. The van der Waals surface area contributed by atoms with E-state index in [4.69, 9.17) is 23.0 Å². The predicted molar refractivity (Wildman–Crippen MR) is 177 cm³/mol. The summed E-state index contributed by atoms with van der Waals surface area (Å²) in [6.07, 6.45) is 12.7. The Morgan fingerprint density at radius 1 is 1.07 bits per heavy atom. The Morgan fingerprint density at radius 2 is 1.93 bits per heavy atom. The molecule has 218 valence electrons. The van der Waals surface area contributed by atoms with Crippen LogP contribution in [-0.4, -0.2) is 45.9 Å². The van der Waals surface area contributed by atoms with Crippen LogP contribution in [0.5, 0.6) is 0 Å². The first-order valence-corrected chi connectivity index (χ1v) is 16.7. The van der Waals surface area contributed by atoms with Crippen LogP contribution in [0.2, 0.25) is 5.02 Å². The largest absolute Gasteiger partial charge is 0.384 e. The zero-order chi connectivity index (χ0) is 29.3. The van der Waals surface area contributed by atoms with E-state index in [0.717, 1.165) is 59.8 Å². The van der Waals surface area contributed by atoms with Crippen LogP contribution in [0.25, 0.3) is 21.1 Å². The number of aryl methyl sites for hydroxylation is 1. The van der Waals surface area contributed by atoms with Crippen LogP contribution in [-0.2, 0) is 22.4 Å². The van der Waals surface area contributed by atoms with Gasteiger partial charge in [0.2, 0.25) is 11.8 Å². The SMILES string of the molecule is C#CCSCC(NC(=O)CCCCCNc1c2c(nc3cc(Cl)ccc13)CCCC2)C(=O)Nc1nc2ccccc2s1. The molecule has 1 aliphatic rings. The Hall–Kier alpha value is -3.32. The van der Waals surface area contributed by atoms with Gasteiger partial charge in [0.05, 0.1) is 21.5 Å². The number of rotatable bonds is 13. The fourth-order valence-electron chi connectivity index (χ4n) is 5.20. The number of hydrogen-bond acceptors (Lipinski definition) is 7. The molecule has 7 nitrogen and oxygen atoms in total. The third kappa shape index (κ3) is 7.74. The number of hydrogen-bond donors (Lipinski definition) is 3. The zero-order valence-corrected chi connectivity index (χ0v) is 25.8. The molecule has 0 saturated heterocycles. The Balaban J connectivity index is 1.10. The fraction of sp³-hybridized carbons (Fsp3) is 0.375. The lowest BCUT2D eigenvalue weighted by molar-refractivity contribution is -0.126. The lowest BCUT2D eigenvalue weighted by Crippen LogP contribution is -2.45. The van der Waals surface area contributed by atoms with Crippen molar-refractivity contribution in [2.24, 2.45) is 0 Å². The minimum absolute atomic E-state index is 0.139. The van der Waals surface area contributed by atoms with E-state index in [0.29, 0.717) is 28.1 Å². The maximum Gasteiger partial charge on any atom is 0.249 e. The standard InChI is InChI=1S/C32H34ClN5O2S2/c1-2-18-41-20-27(31(40)38-32-37-25-12-7-8-13-28(25)42-32)36-29(39)14-4-3-9-17-34-30-22-10-5-6-11-24(22)35-26-19-21(33)15-16-23(26)30/h1,7-8,12-13,15-16,19,27H,3-6,9-11,14,17-18,20H2,(H,34,35)(H,36,39)(H,37,38,40). The van der Waals surface area contributed by atoms with Crippen molar-refractivity contribution in [3.05, 3.63) is 58.7 Å². The minimum Gasteiger partial charge on any atom is -0.384 e. The zero-order valence-electron chi connectivity index (χ0n) is 23.4. The molecule has 1 atom stereocenters. The molecule has 2 amide bonds. The minimum atomic E-state index is -0.691. The van der Waals surface area contributed by atoms with E-state index in [2.05, 4.69) is 32.9 Å². The van der Waals surface area contributed by atoms with Crippen LogP contribution in [0.15, 0.2) is 42.5 Å². The van der Waals surface area contributed by atoms with Gasteiger partial charge in [-0.1, -0.05) is 47.4 Å². The van der Waals surface area contributed by atoms with Crippen LogP contribution in [0, 0.1) is 12.3 Å². The molecule has 2 aromatic carbocycles. The molecule has 1 unspecified atom stereocenters. The van der Waals surface area contributed by atoms with Crippen LogP contribution < -0.4 is 16.0 Å². The second-order valence-corrected chi connectivity index (χ2v) is 12.8. The lowest BCUT2D eigenvalue weighted by atomic mass is 9.92. The van der Waals surface area contributed by atoms with Crippen molar-refractivity contribution < 1.29 is 9.59 Å². The second kappa shape index (κ2) is 14.7. The topological polar surface area (TPSA) is 96.0 Å². The summed E-state index contributed by atoms with van der Waals surface area (Å²) in [6.45, 7) is 0.811. The molecule has 2 heterocycles. The molecular weight excluding hydrogens is 586 g/mol. The van der Waals surface area contributed by atoms with Crippen LogP contribution in [0.4, 0.5) is 10.8 Å². The molecule has 3 N–H and O–H groups in total. The van der Waals surface area contributed by atoms with Gasteiger partial charge in [0, 0.05) is 40.5 Å². The summed E-state index contributed by atoms with van der Waals surface area (Å²) < 4.78 is 0.992. The number of thioether (sulfide) groups is 1. The highest BCUT2D eigenvalue weighted by Crippen LogP contribution is 2.34. The molecule has 4 aromatic rings. The van der Waals surface area contributed by atoms with Crippen LogP contribution in [0.1, 0.15) is 49.8 Å². The van der Waals surface area contributed by atoms with Crippen molar-refractivity contribution in [3.8, 4) is 12.3 Å². The summed E-state index contributed by atoms with van der Waals surface area (Å²) in [4.78, 5) is 35.2. The van der Waals surface area contributed by atoms with Gasteiger partial charge in [-0.3, -0.25) is 14.6 Å². The number of amides is 2. The normalized spacial score (nSPS) is 13.3. The maximum absolute atomic E-state index is 13.0. The summed E-state index contributed by atoms with van der Waals surface area (Å²) in [5.41, 5.74) is 5.45. The van der Waals surface area contributed by atoms with Gasteiger partial charge in [-0.25, -0.2) is 4.98 Å². The van der Waals surface area contributed by atoms with Crippen LogP contribution >= 0.6 is 34.7 Å². The first-order valence-electron chi connectivity index (χ1n) is 14.3. The smallest absolute Gasteiger partial charge is 0.249 e. The van der Waals surface area contributed by atoms with Crippen molar-refractivity contribution >= 4 is 78.5 Å². The fourth-order valence-corrected chi connectivity index (χ4v) is 6.95. The monoisotopic (exact) mass is 619 g/mol. The molecule has 10 heteroatoms. The molecule has 42 heavy (non-hydrogen) atoms. The number of pyridine rings is 1. The van der Waals surface area contributed by atoms with Crippen molar-refractivity contribution in [3.63, 3.8) is 0 Å². The number of nitrogens with one attached hydrogen (secondary N) is 3. The van der Waals surface area contributed by atoms with Crippen molar-refractivity contribution in [1.29, 1.82) is 0 Å². The van der Waals surface area contributed by atoms with Gasteiger partial charge < -0.3 is 16.0 Å². The van der Waals surface area contributed by atoms with Gasteiger partial charge in [-0.2, -0.15) is 0 Å². The first kappa shape index (κ1) is 30.1. The highest BCUT2D eigenvalue weighted by atomic mass is 35.5. The third-order valence-electron chi connectivity index (χ3n) is 7.25. The first-order chi connectivity index (χ1) is 20.5. The van der Waals surface area contributed by atoms with Gasteiger partial charge in [0.1, 0.15) is 6.04 Å². The highest BCUT2D eigenvalue weighted by molar-refractivity contribution is 7.99. The van der Waals surface area contributed by atoms with Crippen molar-refractivity contribution in [2.75, 3.05) is 28.7 Å². The summed E-state index contributed by atoms with van der Waals surface area (Å²) in [5.74, 6) is 3.01.